The van der Waals surface area contributed by atoms with Gasteiger partial charge in [-0.3, -0.25) is 0 Å². The average Bonchev–Trinajstić information content (AvgIpc) is 2.81. The van der Waals surface area contributed by atoms with Crippen LogP contribution in [0, 0.1) is 5.41 Å². The minimum Gasteiger partial charge on any atom is -0.314 e. The molecule has 1 aliphatic carbocycles. The van der Waals surface area contributed by atoms with E-state index >= 15 is 0 Å². The molecule has 0 saturated heterocycles. The van der Waals surface area contributed by atoms with E-state index in [-0.39, 0.29) is 5.41 Å². The molecular weight excluding hydrogens is 395 g/mol. The molecule has 0 aliphatic heterocycles. The molecule has 1 nitrogen and oxygen atoms in total. The van der Waals surface area contributed by atoms with Crippen molar-refractivity contribution in [3.05, 3.63) is 60.7 Å². The van der Waals surface area contributed by atoms with Gasteiger partial charge in [-0.25, -0.2) is 0 Å². The molecule has 2 aromatic carbocycles. The Balaban J connectivity index is 1.80. The smallest absolute Gasteiger partial charge is 0.143 e. The molecule has 1 saturated carbocycles. The van der Waals surface area contributed by atoms with E-state index in [2.05, 4.69) is 31.2 Å². The second-order valence-electron chi connectivity index (χ2n) is 10.1. The summed E-state index contributed by atoms with van der Waals surface area (Å²) in [5.41, 5.74) is 0.140. The van der Waals surface area contributed by atoms with Crippen molar-refractivity contribution in [1.29, 1.82) is 0 Å². The van der Waals surface area contributed by atoms with Crippen molar-refractivity contribution in [1.82, 2.24) is 0 Å². The molecule has 170 valence electrons. The van der Waals surface area contributed by atoms with Gasteiger partial charge in [-0.1, -0.05) is 145 Å². The largest absolute Gasteiger partial charge is 0.314 e. The molecule has 2 heteroatoms. The zero-order chi connectivity index (χ0) is 21.8. The molecule has 0 heterocycles. The van der Waals surface area contributed by atoms with Crippen LogP contribution in [0.3, 0.4) is 0 Å². The van der Waals surface area contributed by atoms with Crippen molar-refractivity contribution in [3.8, 4) is 0 Å². The molecule has 0 amide bonds. The lowest BCUT2D eigenvalue weighted by Gasteiger charge is -2.34. The molecule has 31 heavy (non-hydrogen) atoms. The van der Waals surface area contributed by atoms with Crippen LogP contribution in [0.15, 0.2) is 60.7 Å². The predicted octanol–water partition coefficient (Wildman–Crippen LogP) is 8.48. The fraction of sp³-hybridized carbons (Fsp3) is 0.586. The number of rotatable bonds is 4. The van der Waals surface area contributed by atoms with Gasteiger partial charge in [0.05, 0.1) is 0 Å². The molecule has 0 atom stereocenters. The first kappa shape index (κ1) is 24.3. The first-order chi connectivity index (χ1) is 15.1. The minimum atomic E-state index is -2.66. The average molecular weight is 439 g/mol. The van der Waals surface area contributed by atoms with E-state index in [0.29, 0.717) is 0 Å². The van der Waals surface area contributed by atoms with Crippen molar-refractivity contribution in [3.63, 3.8) is 0 Å². The molecule has 3 rings (SSSR count). The van der Waals surface area contributed by atoms with Gasteiger partial charge >= 0.3 is 0 Å². The van der Waals surface area contributed by atoms with E-state index in [0.717, 1.165) is 16.8 Å². The lowest BCUT2D eigenvalue weighted by atomic mass is 9.81. The summed E-state index contributed by atoms with van der Waals surface area (Å²) in [5.74, 6) is 0. The fourth-order valence-corrected chi connectivity index (χ4v) is 8.72. The van der Waals surface area contributed by atoms with Crippen molar-refractivity contribution in [2.75, 3.05) is 6.16 Å². The van der Waals surface area contributed by atoms with Crippen molar-refractivity contribution < 1.29 is 4.57 Å². The molecule has 1 fully saturated rings. The second-order valence-corrected chi connectivity index (χ2v) is 13.0. The number of hydrogen-bond donors (Lipinski definition) is 0. The summed E-state index contributed by atoms with van der Waals surface area (Å²) in [5, 5.41) is 2.05. The highest BCUT2D eigenvalue weighted by atomic mass is 31.2. The monoisotopic (exact) mass is 438 g/mol. The van der Waals surface area contributed by atoms with Gasteiger partial charge in [0, 0.05) is 16.8 Å². The quantitative estimate of drug-likeness (QED) is 0.437. The maximum Gasteiger partial charge on any atom is 0.143 e. The van der Waals surface area contributed by atoms with Crippen LogP contribution in [-0.2, 0) is 4.57 Å². The van der Waals surface area contributed by atoms with Gasteiger partial charge in [-0.2, -0.15) is 0 Å². The van der Waals surface area contributed by atoms with Crippen LogP contribution in [0.2, 0.25) is 0 Å². The molecule has 0 unspecified atom stereocenters. The van der Waals surface area contributed by atoms with Crippen LogP contribution in [0.4, 0.5) is 0 Å². The fourth-order valence-electron chi connectivity index (χ4n) is 5.36. The molecule has 0 N–H and O–H groups in total. The summed E-state index contributed by atoms with van der Waals surface area (Å²) in [6.45, 7) is 2.43. The highest BCUT2D eigenvalue weighted by Crippen LogP contribution is 2.51. The van der Waals surface area contributed by atoms with Crippen LogP contribution in [0.1, 0.15) is 96.8 Å². The summed E-state index contributed by atoms with van der Waals surface area (Å²) < 4.78 is 14.7. The van der Waals surface area contributed by atoms with Gasteiger partial charge in [0.15, 0.2) is 0 Å². The summed E-state index contributed by atoms with van der Waals surface area (Å²) in [7, 11) is -2.66. The van der Waals surface area contributed by atoms with E-state index < -0.39 is 7.14 Å². The minimum absolute atomic E-state index is 0.140. The van der Waals surface area contributed by atoms with E-state index in [4.69, 9.17) is 0 Å². The molecule has 0 radical (unpaired) electrons. The number of benzene rings is 2. The van der Waals surface area contributed by atoms with Gasteiger partial charge in [-0.05, 0) is 18.3 Å². The third-order valence-electron chi connectivity index (χ3n) is 7.26. The molecule has 1 aliphatic rings. The van der Waals surface area contributed by atoms with Crippen LogP contribution < -0.4 is 10.6 Å². The zero-order valence-corrected chi connectivity index (χ0v) is 20.6. The Bertz CT molecular complexity index is 723. The second kappa shape index (κ2) is 12.6. The third kappa shape index (κ3) is 7.64. The molecule has 2 aromatic rings. The van der Waals surface area contributed by atoms with Gasteiger partial charge in [0.1, 0.15) is 7.14 Å². The van der Waals surface area contributed by atoms with E-state index in [1.807, 2.05) is 36.4 Å². The van der Waals surface area contributed by atoms with Crippen LogP contribution >= 0.6 is 7.14 Å². The van der Waals surface area contributed by atoms with Gasteiger partial charge in [0.2, 0.25) is 0 Å². The maximum atomic E-state index is 14.7. The Morgan fingerprint density at radius 3 is 1.26 bits per heavy atom. The highest BCUT2D eigenvalue weighted by molar-refractivity contribution is 7.78. The predicted molar refractivity (Wildman–Crippen MR) is 137 cm³/mol. The molecule has 0 bridgehead atoms. The normalized spacial score (nSPS) is 19.8. The Hall–Kier alpha value is -1.33. The Morgan fingerprint density at radius 2 is 0.903 bits per heavy atom. The summed E-state index contributed by atoms with van der Waals surface area (Å²) in [4.78, 5) is 0. The Morgan fingerprint density at radius 1 is 0.581 bits per heavy atom. The third-order valence-corrected chi connectivity index (χ3v) is 10.7. The van der Waals surface area contributed by atoms with E-state index in [1.54, 1.807) is 0 Å². The SMILES string of the molecule is CC1(CP(=O)(c2ccccc2)c2ccccc2)CCCCCCCCCCCCCC1. The van der Waals surface area contributed by atoms with E-state index in [1.165, 1.54) is 89.9 Å². The van der Waals surface area contributed by atoms with Crippen molar-refractivity contribution in [2.24, 2.45) is 5.41 Å². The van der Waals surface area contributed by atoms with Crippen LogP contribution in [0.5, 0.6) is 0 Å². The topological polar surface area (TPSA) is 17.1 Å². The maximum absolute atomic E-state index is 14.7. The first-order valence-corrected chi connectivity index (χ1v) is 14.7. The van der Waals surface area contributed by atoms with Crippen molar-refractivity contribution in [2.45, 2.75) is 96.8 Å². The van der Waals surface area contributed by atoms with Gasteiger partial charge in [0.25, 0.3) is 0 Å². The Labute approximate surface area is 191 Å². The number of hydrogen-bond acceptors (Lipinski definition) is 1. The first-order valence-electron chi connectivity index (χ1n) is 12.8. The summed E-state index contributed by atoms with van der Waals surface area (Å²) >= 11 is 0. The lowest BCUT2D eigenvalue weighted by molar-refractivity contribution is 0.285. The lowest BCUT2D eigenvalue weighted by Crippen LogP contribution is -2.29. The Kier molecular flexibility index (Phi) is 9.92. The summed E-state index contributed by atoms with van der Waals surface area (Å²) in [6, 6.07) is 20.6. The zero-order valence-electron chi connectivity index (χ0n) is 19.7. The van der Waals surface area contributed by atoms with Gasteiger partial charge in [-0.15, -0.1) is 0 Å². The van der Waals surface area contributed by atoms with Crippen molar-refractivity contribution >= 4 is 17.8 Å². The van der Waals surface area contributed by atoms with Gasteiger partial charge < -0.3 is 4.57 Å². The molecule has 0 aromatic heterocycles. The van der Waals surface area contributed by atoms with Crippen LogP contribution in [-0.4, -0.2) is 6.16 Å². The summed E-state index contributed by atoms with van der Waals surface area (Å²) in [6.07, 6.45) is 19.6. The molecule has 0 spiro atoms. The van der Waals surface area contributed by atoms with Crippen LogP contribution in [0.25, 0.3) is 0 Å². The standard InChI is InChI=1S/C29H43OP/c1-29(24-18-10-8-6-4-2-3-5-7-9-11-19-25-29)26-31(30,27-20-14-12-15-21-27)28-22-16-13-17-23-28/h12-17,20-23H,2-11,18-19,24-26H2,1H3. The van der Waals surface area contributed by atoms with E-state index in [9.17, 15) is 4.57 Å². The molecular formula is C29H43OP. The highest BCUT2D eigenvalue weighted by Gasteiger charge is 2.36.